The molecule has 1 aliphatic rings. The zero-order valence-electron chi connectivity index (χ0n) is 12.0. The summed E-state index contributed by atoms with van der Waals surface area (Å²) in [6, 6.07) is 11.1. The summed E-state index contributed by atoms with van der Waals surface area (Å²) < 4.78 is 20.7. The second-order valence-corrected chi connectivity index (χ2v) is 6.28. The maximum absolute atomic E-state index is 13.6. The second-order valence-electron chi connectivity index (χ2n) is 5.37. The molecule has 0 bridgehead atoms. The zero-order valence-corrected chi connectivity index (χ0v) is 13.6. The Bertz CT molecular complexity index is 674. The van der Waals surface area contributed by atoms with Crippen LogP contribution >= 0.6 is 15.9 Å². The van der Waals surface area contributed by atoms with Gasteiger partial charge in [0.25, 0.3) is 0 Å². The van der Waals surface area contributed by atoms with E-state index in [1.165, 1.54) is 6.07 Å². The summed E-state index contributed by atoms with van der Waals surface area (Å²) in [6.45, 7) is 1.99. The van der Waals surface area contributed by atoms with Gasteiger partial charge in [0.2, 0.25) is 0 Å². The highest BCUT2D eigenvalue weighted by atomic mass is 79.9. The Morgan fingerprint density at radius 1 is 1.19 bits per heavy atom. The number of benzene rings is 2. The summed E-state index contributed by atoms with van der Waals surface area (Å²) in [5.41, 5.74) is 3.11. The van der Waals surface area contributed by atoms with Crippen LogP contribution < -0.4 is 10.1 Å². The third kappa shape index (κ3) is 2.83. The van der Waals surface area contributed by atoms with Crippen LogP contribution in [0.25, 0.3) is 0 Å². The van der Waals surface area contributed by atoms with Gasteiger partial charge in [-0.1, -0.05) is 22.0 Å². The van der Waals surface area contributed by atoms with Crippen LogP contribution in [0.2, 0.25) is 0 Å². The number of rotatable bonds is 2. The number of hydrogen-bond donors (Lipinski definition) is 1. The molecule has 0 fully saturated rings. The maximum atomic E-state index is 13.6. The molecule has 0 amide bonds. The van der Waals surface area contributed by atoms with E-state index in [1.54, 1.807) is 12.1 Å². The normalized spacial score (nSPS) is 20.8. The first-order valence-corrected chi connectivity index (χ1v) is 7.77. The number of nitrogens with one attached hydrogen (secondary N) is 1. The summed E-state index contributed by atoms with van der Waals surface area (Å²) >= 11 is 3.50. The van der Waals surface area contributed by atoms with E-state index in [2.05, 4.69) is 27.3 Å². The number of aryl methyl sites for hydroxylation is 1. The van der Waals surface area contributed by atoms with E-state index in [0.29, 0.717) is 0 Å². The van der Waals surface area contributed by atoms with Crippen molar-refractivity contribution in [3.63, 3.8) is 0 Å². The average Bonchev–Trinajstić information content (AvgIpc) is 2.48. The minimum atomic E-state index is -0.221. The fourth-order valence-electron chi connectivity index (χ4n) is 2.86. The number of ether oxygens (including phenoxy) is 1. The van der Waals surface area contributed by atoms with Crippen LogP contribution in [-0.2, 0) is 0 Å². The van der Waals surface area contributed by atoms with E-state index in [1.807, 2.05) is 26.1 Å². The van der Waals surface area contributed by atoms with Gasteiger partial charge in [-0.2, -0.15) is 0 Å². The van der Waals surface area contributed by atoms with E-state index in [4.69, 9.17) is 4.74 Å². The Balaban J connectivity index is 2.00. The molecule has 2 nitrogen and oxygen atoms in total. The summed E-state index contributed by atoms with van der Waals surface area (Å²) in [7, 11) is 1.94. The highest BCUT2D eigenvalue weighted by Gasteiger charge is 2.29. The Labute approximate surface area is 132 Å². The SMILES string of the molecule is CNC1CC(c2cc(F)ccc2C)Oc2ccc(Br)cc21. The Morgan fingerprint density at radius 3 is 2.76 bits per heavy atom. The first kappa shape index (κ1) is 14.5. The first-order valence-electron chi connectivity index (χ1n) is 6.98. The molecule has 0 aromatic heterocycles. The van der Waals surface area contributed by atoms with Gasteiger partial charge in [0.15, 0.2) is 0 Å². The third-order valence-electron chi connectivity index (χ3n) is 4.00. The van der Waals surface area contributed by atoms with Crippen molar-refractivity contribution in [2.75, 3.05) is 7.05 Å². The van der Waals surface area contributed by atoms with Crippen molar-refractivity contribution in [2.24, 2.45) is 0 Å². The lowest BCUT2D eigenvalue weighted by Crippen LogP contribution is -2.27. The molecule has 1 heterocycles. The first-order chi connectivity index (χ1) is 10.1. The highest BCUT2D eigenvalue weighted by molar-refractivity contribution is 9.10. The summed E-state index contributed by atoms with van der Waals surface area (Å²) in [6.07, 6.45) is 0.649. The van der Waals surface area contributed by atoms with Crippen molar-refractivity contribution < 1.29 is 9.13 Å². The van der Waals surface area contributed by atoms with Crippen molar-refractivity contribution in [2.45, 2.75) is 25.5 Å². The largest absolute Gasteiger partial charge is 0.485 e. The van der Waals surface area contributed by atoms with E-state index >= 15 is 0 Å². The molecule has 3 rings (SSSR count). The second kappa shape index (κ2) is 5.78. The van der Waals surface area contributed by atoms with Gasteiger partial charge in [-0.25, -0.2) is 4.39 Å². The van der Waals surface area contributed by atoms with Crippen molar-refractivity contribution in [1.82, 2.24) is 5.32 Å². The average molecular weight is 350 g/mol. The van der Waals surface area contributed by atoms with Crippen molar-refractivity contribution in [3.8, 4) is 5.75 Å². The molecule has 21 heavy (non-hydrogen) atoms. The van der Waals surface area contributed by atoms with Crippen LogP contribution in [-0.4, -0.2) is 7.05 Å². The number of fused-ring (bicyclic) bond motifs is 1. The molecule has 0 aliphatic carbocycles. The van der Waals surface area contributed by atoms with Crippen LogP contribution in [0.1, 0.15) is 35.3 Å². The highest BCUT2D eigenvalue weighted by Crippen LogP contribution is 2.42. The molecule has 4 heteroatoms. The van der Waals surface area contributed by atoms with Gasteiger partial charge < -0.3 is 10.1 Å². The van der Waals surface area contributed by atoms with E-state index < -0.39 is 0 Å². The van der Waals surface area contributed by atoms with Gasteiger partial charge in [-0.3, -0.25) is 0 Å². The number of hydrogen-bond acceptors (Lipinski definition) is 2. The molecule has 2 aromatic carbocycles. The lowest BCUT2D eigenvalue weighted by atomic mass is 9.91. The minimum Gasteiger partial charge on any atom is -0.485 e. The molecule has 1 aliphatic heterocycles. The van der Waals surface area contributed by atoms with Gasteiger partial charge in [0.05, 0.1) is 0 Å². The van der Waals surface area contributed by atoms with Gasteiger partial charge in [-0.05, 0) is 55.4 Å². The molecule has 0 spiro atoms. The molecule has 1 N–H and O–H groups in total. The molecule has 0 saturated carbocycles. The van der Waals surface area contributed by atoms with E-state index in [-0.39, 0.29) is 18.0 Å². The number of halogens is 2. The van der Waals surface area contributed by atoms with Crippen LogP contribution in [0.4, 0.5) is 4.39 Å². The molecule has 0 radical (unpaired) electrons. The molecule has 2 aromatic rings. The molecule has 110 valence electrons. The summed E-state index contributed by atoms with van der Waals surface area (Å²) in [4.78, 5) is 0. The lowest BCUT2D eigenvalue weighted by Gasteiger charge is -2.33. The van der Waals surface area contributed by atoms with Gasteiger partial charge in [0.1, 0.15) is 17.7 Å². The Kier molecular flexibility index (Phi) is 4.00. The van der Waals surface area contributed by atoms with Crippen molar-refractivity contribution in [3.05, 3.63) is 63.4 Å². The molecule has 2 atom stereocenters. The van der Waals surface area contributed by atoms with Crippen LogP contribution in [0, 0.1) is 12.7 Å². The van der Waals surface area contributed by atoms with Crippen molar-refractivity contribution >= 4 is 15.9 Å². The molecular formula is C17H17BrFNO. The van der Waals surface area contributed by atoms with Crippen LogP contribution in [0.15, 0.2) is 40.9 Å². The monoisotopic (exact) mass is 349 g/mol. The van der Waals surface area contributed by atoms with Crippen LogP contribution in [0.3, 0.4) is 0 Å². The standard InChI is InChI=1S/C17H17BrFNO/c1-10-3-5-12(19)8-13(10)17-9-15(20-2)14-7-11(18)4-6-16(14)21-17/h3-8,15,17,20H,9H2,1-2H3. The van der Waals surface area contributed by atoms with E-state index in [0.717, 1.165) is 33.3 Å². The molecule has 0 saturated heterocycles. The summed E-state index contributed by atoms with van der Waals surface area (Å²) in [5.74, 6) is 0.638. The topological polar surface area (TPSA) is 21.3 Å². The van der Waals surface area contributed by atoms with Crippen molar-refractivity contribution in [1.29, 1.82) is 0 Å². The Morgan fingerprint density at radius 2 is 2.00 bits per heavy atom. The quantitative estimate of drug-likeness (QED) is 0.849. The Hall–Kier alpha value is -1.39. The van der Waals surface area contributed by atoms with Gasteiger partial charge >= 0.3 is 0 Å². The smallest absolute Gasteiger partial charge is 0.126 e. The molecule has 2 unspecified atom stereocenters. The maximum Gasteiger partial charge on any atom is 0.126 e. The fourth-order valence-corrected chi connectivity index (χ4v) is 3.24. The van der Waals surface area contributed by atoms with Gasteiger partial charge in [-0.15, -0.1) is 0 Å². The zero-order chi connectivity index (χ0) is 15.0. The predicted molar refractivity (Wildman–Crippen MR) is 85.1 cm³/mol. The lowest BCUT2D eigenvalue weighted by molar-refractivity contribution is 0.153. The van der Waals surface area contributed by atoms with E-state index in [9.17, 15) is 4.39 Å². The third-order valence-corrected chi connectivity index (χ3v) is 4.50. The fraction of sp³-hybridized carbons (Fsp3) is 0.294. The van der Waals surface area contributed by atoms with Gasteiger partial charge in [0, 0.05) is 22.5 Å². The summed E-state index contributed by atoms with van der Waals surface area (Å²) in [5, 5.41) is 3.33. The van der Waals surface area contributed by atoms with Crippen LogP contribution in [0.5, 0.6) is 5.75 Å². The molecular weight excluding hydrogens is 333 g/mol. The predicted octanol–water partition coefficient (Wildman–Crippen LogP) is 4.68. The minimum absolute atomic E-state index is 0.133.